The first-order valence-corrected chi connectivity index (χ1v) is 5.47. The predicted molar refractivity (Wildman–Crippen MR) is 61.3 cm³/mol. The van der Waals surface area contributed by atoms with Crippen LogP contribution in [0.25, 0.3) is 0 Å². The van der Waals surface area contributed by atoms with Crippen molar-refractivity contribution in [3.8, 4) is 0 Å². The summed E-state index contributed by atoms with van der Waals surface area (Å²) in [6.45, 7) is 3.84. The molecule has 0 aliphatic carbocycles. The van der Waals surface area contributed by atoms with Gasteiger partial charge in [0, 0.05) is 6.20 Å². The fourth-order valence-corrected chi connectivity index (χ4v) is 1.40. The second kappa shape index (κ2) is 6.03. The highest BCUT2D eigenvalue weighted by atomic mass is 16.5. The van der Waals surface area contributed by atoms with Crippen molar-refractivity contribution >= 4 is 11.9 Å². The molecule has 6 nitrogen and oxygen atoms in total. The first-order valence-electron chi connectivity index (χ1n) is 5.47. The third kappa shape index (κ3) is 3.30. The molecule has 6 heteroatoms. The zero-order chi connectivity index (χ0) is 12.8. The summed E-state index contributed by atoms with van der Waals surface area (Å²) in [7, 11) is 1.31. The molecular formula is C11H17N3O3. The van der Waals surface area contributed by atoms with Crippen molar-refractivity contribution in [3.05, 3.63) is 18.0 Å². The Hall–Kier alpha value is -1.85. The smallest absolute Gasteiger partial charge is 0.328 e. The van der Waals surface area contributed by atoms with Gasteiger partial charge in [-0.2, -0.15) is 5.10 Å². The Morgan fingerprint density at radius 3 is 2.76 bits per heavy atom. The second-order valence-corrected chi connectivity index (χ2v) is 3.85. The number of methoxy groups -OCH3 is 1. The molecule has 2 atom stereocenters. The lowest BCUT2D eigenvalue weighted by molar-refractivity contribution is -0.144. The number of rotatable bonds is 5. The van der Waals surface area contributed by atoms with Crippen LogP contribution in [0.1, 0.15) is 30.6 Å². The van der Waals surface area contributed by atoms with E-state index in [1.165, 1.54) is 19.5 Å². The molecule has 2 N–H and O–H groups in total. The second-order valence-electron chi connectivity index (χ2n) is 3.85. The van der Waals surface area contributed by atoms with Crippen LogP contribution in [0.15, 0.2) is 12.4 Å². The lowest BCUT2D eigenvalue weighted by Crippen LogP contribution is -2.45. The zero-order valence-corrected chi connectivity index (χ0v) is 10.2. The molecule has 17 heavy (non-hydrogen) atoms. The number of carbonyl (C=O) groups excluding carboxylic acids is 2. The van der Waals surface area contributed by atoms with Gasteiger partial charge in [-0.1, -0.05) is 20.3 Å². The number of hydrogen-bond acceptors (Lipinski definition) is 4. The minimum Gasteiger partial charge on any atom is -0.467 e. The molecule has 1 aromatic rings. The summed E-state index contributed by atoms with van der Waals surface area (Å²) in [6.07, 6.45) is 3.64. The molecule has 2 unspecified atom stereocenters. The summed E-state index contributed by atoms with van der Waals surface area (Å²) in [4.78, 5) is 23.3. The van der Waals surface area contributed by atoms with Gasteiger partial charge in [-0.3, -0.25) is 9.89 Å². The number of ether oxygens (including phenoxy) is 1. The molecule has 0 saturated heterocycles. The van der Waals surface area contributed by atoms with E-state index in [9.17, 15) is 9.59 Å². The third-order valence-electron chi connectivity index (χ3n) is 2.72. The number of amides is 1. The van der Waals surface area contributed by atoms with E-state index in [-0.39, 0.29) is 11.8 Å². The number of nitrogens with zero attached hydrogens (tertiary/aromatic N) is 1. The topological polar surface area (TPSA) is 84.1 Å². The lowest BCUT2D eigenvalue weighted by atomic mass is 9.99. The van der Waals surface area contributed by atoms with Crippen LogP contribution in [0, 0.1) is 5.92 Å². The van der Waals surface area contributed by atoms with E-state index in [1.54, 1.807) is 0 Å². The van der Waals surface area contributed by atoms with E-state index in [1.807, 2.05) is 13.8 Å². The molecule has 1 aromatic heterocycles. The van der Waals surface area contributed by atoms with Gasteiger partial charge in [0.1, 0.15) is 6.04 Å². The Bertz CT molecular complexity index is 375. The van der Waals surface area contributed by atoms with Crippen LogP contribution in [-0.4, -0.2) is 35.2 Å². The maximum absolute atomic E-state index is 11.8. The van der Waals surface area contributed by atoms with Crippen LogP contribution < -0.4 is 5.32 Å². The summed E-state index contributed by atoms with van der Waals surface area (Å²) in [6, 6.07) is -0.632. The minimum atomic E-state index is -0.632. The van der Waals surface area contributed by atoms with E-state index in [2.05, 4.69) is 20.3 Å². The molecule has 0 bridgehead atoms. The van der Waals surface area contributed by atoms with Gasteiger partial charge in [-0.05, 0) is 5.92 Å². The number of aromatic nitrogens is 2. The van der Waals surface area contributed by atoms with Gasteiger partial charge < -0.3 is 10.1 Å². The number of hydrogen-bond donors (Lipinski definition) is 2. The minimum absolute atomic E-state index is 0.0123. The zero-order valence-electron chi connectivity index (χ0n) is 10.2. The summed E-state index contributed by atoms with van der Waals surface area (Å²) < 4.78 is 4.68. The van der Waals surface area contributed by atoms with Crippen LogP contribution in [0.3, 0.4) is 0 Å². The molecule has 0 aliphatic heterocycles. The van der Waals surface area contributed by atoms with Gasteiger partial charge in [-0.15, -0.1) is 0 Å². The van der Waals surface area contributed by atoms with E-state index >= 15 is 0 Å². The summed E-state index contributed by atoms with van der Waals surface area (Å²) in [5, 5.41) is 8.87. The number of nitrogens with one attached hydrogen (secondary N) is 2. The van der Waals surface area contributed by atoms with Crippen LogP contribution in [0.2, 0.25) is 0 Å². The van der Waals surface area contributed by atoms with E-state index < -0.39 is 12.0 Å². The van der Waals surface area contributed by atoms with Crippen molar-refractivity contribution in [2.45, 2.75) is 26.3 Å². The Balaban J connectivity index is 2.73. The van der Waals surface area contributed by atoms with Crippen molar-refractivity contribution in [2.24, 2.45) is 5.92 Å². The monoisotopic (exact) mass is 239 g/mol. The van der Waals surface area contributed by atoms with Crippen molar-refractivity contribution in [3.63, 3.8) is 0 Å². The van der Waals surface area contributed by atoms with Gasteiger partial charge in [-0.25, -0.2) is 4.79 Å². The Morgan fingerprint density at radius 1 is 1.59 bits per heavy atom. The molecule has 1 rings (SSSR count). The predicted octanol–water partition coefficient (Wildman–Crippen LogP) is 0.727. The van der Waals surface area contributed by atoms with Crippen molar-refractivity contribution in [1.29, 1.82) is 0 Å². The maximum atomic E-state index is 11.8. The highest BCUT2D eigenvalue weighted by Crippen LogP contribution is 2.10. The van der Waals surface area contributed by atoms with Crippen molar-refractivity contribution in [2.75, 3.05) is 7.11 Å². The number of carbonyl (C=O) groups is 2. The molecule has 0 fully saturated rings. The van der Waals surface area contributed by atoms with Crippen molar-refractivity contribution < 1.29 is 14.3 Å². The highest BCUT2D eigenvalue weighted by Gasteiger charge is 2.27. The quantitative estimate of drug-likeness (QED) is 0.742. The average molecular weight is 239 g/mol. The normalized spacial score (nSPS) is 13.8. The molecule has 0 saturated carbocycles. The molecule has 1 amide bonds. The molecule has 0 radical (unpaired) electrons. The average Bonchev–Trinajstić information content (AvgIpc) is 2.87. The van der Waals surface area contributed by atoms with Gasteiger partial charge in [0.15, 0.2) is 0 Å². The van der Waals surface area contributed by atoms with Crippen LogP contribution >= 0.6 is 0 Å². The SMILES string of the molecule is CCC(C)C(NC(=O)c1cn[nH]c1)C(=O)OC. The fraction of sp³-hybridized carbons (Fsp3) is 0.545. The number of esters is 1. The van der Waals surface area contributed by atoms with Gasteiger partial charge >= 0.3 is 5.97 Å². The molecule has 1 heterocycles. The van der Waals surface area contributed by atoms with Crippen LogP contribution in [-0.2, 0) is 9.53 Å². The standard InChI is InChI=1S/C11H17N3O3/c1-4-7(2)9(11(16)17-3)14-10(15)8-5-12-13-6-8/h5-7,9H,4H2,1-3H3,(H,12,13)(H,14,15). The first-order chi connectivity index (χ1) is 8.10. The summed E-state index contributed by atoms with van der Waals surface area (Å²) in [5.41, 5.74) is 0.391. The Morgan fingerprint density at radius 2 is 2.29 bits per heavy atom. The Kier molecular flexibility index (Phi) is 4.68. The largest absolute Gasteiger partial charge is 0.467 e. The molecule has 0 spiro atoms. The number of H-pyrrole nitrogens is 1. The molecule has 94 valence electrons. The Labute approximate surface area is 99.7 Å². The highest BCUT2D eigenvalue weighted by molar-refractivity contribution is 5.96. The molecular weight excluding hydrogens is 222 g/mol. The van der Waals surface area contributed by atoms with Crippen LogP contribution in [0.5, 0.6) is 0 Å². The van der Waals surface area contributed by atoms with Gasteiger partial charge in [0.2, 0.25) is 0 Å². The lowest BCUT2D eigenvalue weighted by Gasteiger charge is -2.21. The third-order valence-corrected chi connectivity index (χ3v) is 2.72. The number of aromatic amines is 1. The van der Waals surface area contributed by atoms with Gasteiger partial charge in [0.25, 0.3) is 5.91 Å². The maximum Gasteiger partial charge on any atom is 0.328 e. The summed E-state index contributed by atoms with van der Waals surface area (Å²) in [5.74, 6) is -0.760. The van der Waals surface area contributed by atoms with Crippen LogP contribution in [0.4, 0.5) is 0 Å². The molecule has 0 aliphatic rings. The summed E-state index contributed by atoms with van der Waals surface area (Å²) >= 11 is 0. The van der Waals surface area contributed by atoms with E-state index in [0.29, 0.717) is 5.56 Å². The van der Waals surface area contributed by atoms with E-state index in [0.717, 1.165) is 6.42 Å². The fourth-order valence-electron chi connectivity index (χ4n) is 1.40. The van der Waals surface area contributed by atoms with Gasteiger partial charge in [0.05, 0.1) is 18.9 Å². The first kappa shape index (κ1) is 13.2. The van der Waals surface area contributed by atoms with Crippen molar-refractivity contribution in [1.82, 2.24) is 15.5 Å². The molecule has 0 aromatic carbocycles. The van der Waals surface area contributed by atoms with E-state index in [4.69, 9.17) is 0 Å².